The van der Waals surface area contributed by atoms with Gasteiger partial charge in [-0.3, -0.25) is 5.43 Å². The van der Waals surface area contributed by atoms with E-state index in [4.69, 9.17) is 0 Å². The third-order valence-corrected chi connectivity index (χ3v) is 6.28. The van der Waals surface area contributed by atoms with Gasteiger partial charge in [0.1, 0.15) is 0 Å². The van der Waals surface area contributed by atoms with Crippen LogP contribution in [0.25, 0.3) is 33.0 Å². The molecule has 0 bridgehead atoms. The molecule has 1 aliphatic rings. The first-order valence-electron chi connectivity index (χ1n) is 10.9. The third-order valence-electron chi connectivity index (χ3n) is 6.28. The van der Waals surface area contributed by atoms with Crippen molar-refractivity contribution >= 4 is 22.7 Å². The van der Waals surface area contributed by atoms with Crippen LogP contribution in [0.3, 0.4) is 0 Å². The minimum atomic E-state index is 0.974. The molecule has 0 saturated carbocycles. The summed E-state index contributed by atoms with van der Waals surface area (Å²) in [4.78, 5) is 0. The lowest BCUT2D eigenvalue weighted by Crippen LogP contribution is -1.95. The highest BCUT2D eigenvalue weighted by Gasteiger charge is 2.21. The Labute approximate surface area is 187 Å². The van der Waals surface area contributed by atoms with Crippen LogP contribution in [0, 0.1) is 0 Å². The second kappa shape index (κ2) is 7.82. The standard InChI is InChI=1S/C30H22N2/c1-6-15-26-21(9-1)12-7-18-30(26)32-31-20-23-11-3-5-14-25(23)28-17-8-16-27-24-13-4-2-10-22(24)19-29(27)28/h1-18,20,32H,19H2. The van der Waals surface area contributed by atoms with Crippen molar-refractivity contribution in [1.82, 2.24) is 0 Å². The Morgan fingerprint density at radius 2 is 1.25 bits per heavy atom. The molecule has 0 aliphatic heterocycles. The average molecular weight is 411 g/mol. The second-order valence-corrected chi connectivity index (χ2v) is 8.15. The first kappa shape index (κ1) is 18.6. The molecule has 0 atom stereocenters. The molecule has 2 nitrogen and oxygen atoms in total. The van der Waals surface area contributed by atoms with Gasteiger partial charge in [0, 0.05) is 10.9 Å². The number of rotatable bonds is 4. The van der Waals surface area contributed by atoms with Crippen LogP contribution >= 0.6 is 0 Å². The van der Waals surface area contributed by atoms with Crippen molar-refractivity contribution in [3.05, 3.63) is 126 Å². The van der Waals surface area contributed by atoms with Crippen LogP contribution in [-0.2, 0) is 6.42 Å². The van der Waals surface area contributed by atoms with Gasteiger partial charge >= 0.3 is 0 Å². The zero-order valence-electron chi connectivity index (χ0n) is 17.6. The first-order valence-corrected chi connectivity index (χ1v) is 10.9. The van der Waals surface area contributed by atoms with Crippen LogP contribution in [0.5, 0.6) is 0 Å². The smallest absolute Gasteiger partial charge is 0.0640 e. The van der Waals surface area contributed by atoms with Gasteiger partial charge in [-0.15, -0.1) is 0 Å². The van der Waals surface area contributed by atoms with Gasteiger partial charge in [-0.05, 0) is 51.3 Å². The van der Waals surface area contributed by atoms with Crippen molar-refractivity contribution < 1.29 is 0 Å². The Hall–Kier alpha value is -4.17. The van der Waals surface area contributed by atoms with E-state index in [1.165, 1.54) is 44.2 Å². The molecule has 32 heavy (non-hydrogen) atoms. The number of benzene rings is 5. The molecule has 0 amide bonds. The highest BCUT2D eigenvalue weighted by Crippen LogP contribution is 2.41. The molecule has 0 spiro atoms. The Morgan fingerprint density at radius 3 is 2.19 bits per heavy atom. The molecule has 152 valence electrons. The van der Waals surface area contributed by atoms with Crippen molar-refractivity contribution in [2.75, 3.05) is 5.43 Å². The summed E-state index contributed by atoms with van der Waals surface area (Å²) in [6.07, 6.45) is 2.90. The topological polar surface area (TPSA) is 24.4 Å². The predicted molar refractivity (Wildman–Crippen MR) is 135 cm³/mol. The summed E-state index contributed by atoms with van der Waals surface area (Å²) >= 11 is 0. The molecule has 0 fully saturated rings. The van der Waals surface area contributed by atoms with Crippen LogP contribution in [0.15, 0.2) is 114 Å². The van der Waals surface area contributed by atoms with E-state index in [1.54, 1.807) is 0 Å². The Bertz CT molecular complexity index is 1470. The second-order valence-electron chi connectivity index (χ2n) is 8.15. The minimum Gasteiger partial charge on any atom is -0.278 e. The third kappa shape index (κ3) is 3.17. The summed E-state index contributed by atoms with van der Waals surface area (Å²) in [5.74, 6) is 0. The average Bonchev–Trinajstić information content (AvgIpc) is 3.24. The predicted octanol–water partition coefficient (Wildman–Crippen LogP) is 7.52. The number of anilines is 1. The summed E-state index contributed by atoms with van der Waals surface area (Å²) in [5.41, 5.74) is 13.4. The number of hydrogen-bond donors (Lipinski definition) is 1. The van der Waals surface area contributed by atoms with Crippen LogP contribution < -0.4 is 5.43 Å². The van der Waals surface area contributed by atoms with Gasteiger partial charge in [0.15, 0.2) is 0 Å². The van der Waals surface area contributed by atoms with E-state index in [1.807, 2.05) is 6.21 Å². The summed E-state index contributed by atoms with van der Waals surface area (Å²) in [6.45, 7) is 0. The van der Waals surface area contributed by atoms with Crippen molar-refractivity contribution in [3.8, 4) is 22.3 Å². The Balaban J connectivity index is 1.36. The zero-order chi connectivity index (χ0) is 21.3. The van der Waals surface area contributed by atoms with Crippen molar-refractivity contribution in [2.24, 2.45) is 5.10 Å². The molecule has 0 aromatic heterocycles. The summed E-state index contributed by atoms with van der Waals surface area (Å²) in [7, 11) is 0. The van der Waals surface area contributed by atoms with E-state index >= 15 is 0 Å². The quantitative estimate of drug-likeness (QED) is 0.236. The monoisotopic (exact) mass is 410 g/mol. The summed E-state index contributed by atoms with van der Waals surface area (Å²) < 4.78 is 0. The molecule has 6 rings (SSSR count). The number of hydrazone groups is 1. The SMILES string of the molecule is C(=NNc1cccc2ccccc12)c1ccccc1-c1cccc2c1Cc1ccccc1-2. The fraction of sp³-hybridized carbons (Fsp3) is 0.0333. The molecule has 0 unspecified atom stereocenters. The molecular formula is C30H22N2. The van der Waals surface area contributed by atoms with E-state index in [0.29, 0.717) is 0 Å². The number of nitrogens with one attached hydrogen (secondary N) is 1. The van der Waals surface area contributed by atoms with Crippen molar-refractivity contribution in [2.45, 2.75) is 6.42 Å². The molecule has 1 aliphatic carbocycles. The molecule has 1 N–H and O–H groups in total. The van der Waals surface area contributed by atoms with Gasteiger partial charge < -0.3 is 0 Å². The highest BCUT2D eigenvalue weighted by molar-refractivity contribution is 5.96. The van der Waals surface area contributed by atoms with Gasteiger partial charge in [0.2, 0.25) is 0 Å². The lowest BCUT2D eigenvalue weighted by molar-refractivity contribution is 1.26. The van der Waals surface area contributed by atoms with Crippen LogP contribution in [0.2, 0.25) is 0 Å². The highest BCUT2D eigenvalue weighted by atomic mass is 15.3. The normalized spacial score (nSPS) is 12.1. The minimum absolute atomic E-state index is 0.974. The maximum absolute atomic E-state index is 4.61. The Morgan fingerprint density at radius 1 is 0.594 bits per heavy atom. The Kier molecular flexibility index (Phi) is 4.54. The molecule has 5 aromatic carbocycles. The van der Waals surface area contributed by atoms with Crippen molar-refractivity contribution in [3.63, 3.8) is 0 Å². The van der Waals surface area contributed by atoms with Gasteiger partial charge in [0.25, 0.3) is 0 Å². The summed E-state index contributed by atoms with van der Waals surface area (Å²) in [5, 5.41) is 6.97. The summed E-state index contributed by atoms with van der Waals surface area (Å²) in [6, 6.07) is 38.4. The van der Waals surface area contributed by atoms with E-state index in [-0.39, 0.29) is 0 Å². The van der Waals surface area contributed by atoms with Crippen LogP contribution in [0.1, 0.15) is 16.7 Å². The number of nitrogens with zero attached hydrogens (tertiary/aromatic N) is 1. The van der Waals surface area contributed by atoms with E-state index in [2.05, 4.69) is 120 Å². The zero-order valence-corrected chi connectivity index (χ0v) is 17.6. The van der Waals surface area contributed by atoms with Crippen LogP contribution in [-0.4, -0.2) is 6.21 Å². The fourth-order valence-electron chi connectivity index (χ4n) is 4.76. The molecule has 0 saturated heterocycles. The fourth-order valence-corrected chi connectivity index (χ4v) is 4.76. The van der Waals surface area contributed by atoms with Gasteiger partial charge in [-0.2, -0.15) is 5.10 Å². The maximum atomic E-state index is 4.61. The largest absolute Gasteiger partial charge is 0.278 e. The van der Waals surface area contributed by atoms with Crippen LogP contribution in [0.4, 0.5) is 5.69 Å². The maximum Gasteiger partial charge on any atom is 0.0640 e. The molecule has 5 aromatic rings. The first-order chi connectivity index (χ1) is 15.9. The molecule has 0 heterocycles. The molecule has 2 heteroatoms. The van der Waals surface area contributed by atoms with E-state index in [0.717, 1.165) is 17.7 Å². The molecule has 0 radical (unpaired) electrons. The van der Waals surface area contributed by atoms with Gasteiger partial charge in [0.05, 0.1) is 11.9 Å². The van der Waals surface area contributed by atoms with E-state index in [9.17, 15) is 0 Å². The van der Waals surface area contributed by atoms with Gasteiger partial charge in [-0.1, -0.05) is 103 Å². The van der Waals surface area contributed by atoms with Crippen molar-refractivity contribution in [1.29, 1.82) is 0 Å². The molecular weight excluding hydrogens is 388 g/mol. The number of fused-ring (bicyclic) bond motifs is 4. The lowest BCUT2D eigenvalue weighted by atomic mass is 9.93. The number of hydrogen-bond acceptors (Lipinski definition) is 2. The van der Waals surface area contributed by atoms with E-state index < -0.39 is 0 Å². The lowest BCUT2D eigenvalue weighted by Gasteiger charge is -2.12. The van der Waals surface area contributed by atoms with Gasteiger partial charge in [-0.25, -0.2) is 0 Å².